The van der Waals surface area contributed by atoms with Gasteiger partial charge in [0.1, 0.15) is 18.1 Å². The van der Waals surface area contributed by atoms with Gasteiger partial charge in [0.25, 0.3) is 5.91 Å². The molecule has 7 nitrogen and oxygen atoms in total. The van der Waals surface area contributed by atoms with Crippen LogP contribution in [0, 0.1) is 5.92 Å². The zero-order valence-electron chi connectivity index (χ0n) is 23.5. The minimum absolute atomic E-state index is 0.0498. The number of aromatic nitrogens is 1. The highest BCUT2D eigenvalue weighted by molar-refractivity contribution is 6.34. The third-order valence-electron chi connectivity index (χ3n) is 9.53. The Bertz CT molecular complexity index is 1520. The first kappa shape index (κ1) is 26.9. The number of fused-ring (bicyclic) bond motifs is 3. The van der Waals surface area contributed by atoms with E-state index in [1.807, 2.05) is 42.5 Å². The van der Waals surface area contributed by atoms with Crippen LogP contribution in [0.15, 0.2) is 53.1 Å². The molecule has 3 fully saturated rings. The molecule has 0 saturated carbocycles. The Labute approximate surface area is 246 Å². The first-order chi connectivity index (χ1) is 20.1. The molecule has 0 radical (unpaired) electrons. The van der Waals surface area contributed by atoms with Crippen LogP contribution in [0.25, 0.3) is 21.9 Å². The van der Waals surface area contributed by atoms with Crippen molar-refractivity contribution in [2.24, 2.45) is 5.92 Å². The van der Waals surface area contributed by atoms with Crippen LogP contribution in [-0.4, -0.2) is 65.5 Å². The Kier molecular flexibility index (Phi) is 7.67. The number of likely N-dealkylation sites (tertiary alicyclic amines) is 1. The van der Waals surface area contributed by atoms with Gasteiger partial charge in [-0.3, -0.25) is 4.79 Å². The Morgan fingerprint density at radius 2 is 1.85 bits per heavy atom. The summed E-state index contributed by atoms with van der Waals surface area (Å²) in [4.78, 5) is 22.0. The van der Waals surface area contributed by atoms with E-state index in [1.165, 1.54) is 51.7 Å². The molecule has 5 heterocycles. The summed E-state index contributed by atoms with van der Waals surface area (Å²) in [5.41, 5.74) is 3.05. The van der Waals surface area contributed by atoms with Crippen molar-refractivity contribution in [3.8, 4) is 5.75 Å². The average Bonchev–Trinajstić information content (AvgIpc) is 3.63. The van der Waals surface area contributed by atoms with Gasteiger partial charge in [-0.05, 0) is 81.8 Å². The van der Waals surface area contributed by atoms with Crippen LogP contribution < -0.4 is 10.1 Å². The molecule has 0 bridgehead atoms. The largest absolute Gasteiger partial charge is 0.488 e. The number of aromatic amines is 1. The fourth-order valence-electron chi connectivity index (χ4n) is 7.36. The van der Waals surface area contributed by atoms with Gasteiger partial charge in [0.2, 0.25) is 0 Å². The first-order valence-corrected chi connectivity index (χ1v) is 15.7. The number of H-pyrrole nitrogens is 1. The van der Waals surface area contributed by atoms with Crippen molar-refractivity contribution in [2.75, 3.05) is 32.7 Å². The highest BCUT2D eigenvalue weighted by Crippen LogP contribution is 2.33. The normalized spacial score (nSPS) is 22.7. The molecule has 2 N–H and O–H groups in total. The lowest BCUT2D eigenvalue weighted by atomic mass is 9.83. The molecule has 216 valence electrons. The second-order valence-corrected chi connectivity index (χ2v) is 12.5. The molecule has 3 aliphatic rings. The quantitative estimate of drug-likeness (QED) is 0.260. The number of furan rings is 1. The second-order valence-electron chi connectivity index (χ2n) is 12.1. The lowest BCUT2D eigenvalue weighted by Gasteiger charge is -2.46. The van der Waals surface area contributed by atoms with Crippen molar-refractivity contribution >= 4 is 39.4 Å². The topological polar surface area (TPSA) is 73.7 Å². The van der Waals surface area contributed by atoms with Crippen molar-refractivity contribution < 1.29 is 13.9 Å². The van der Waals surface area contributed by atoms with E-state index in [-0.39, 0.29) is 11.9 Å². The minimum atomic E-state index is -0.0498. The predicted octanol–water partition coefficient (Wildman–Crippen LogP) is 6.61. The number of para-hydroxylation sites is 1. The number of halogens is 1. The molecule has 3 saturated heterocycles. The van der Waals surface area contributed by atoms with Crippen LogP contribution in [0.4, 0.5) is 0 Å². The van der Waals surface area contributed by atoms with Crippen molar-refractivity contribution in [1.29, 1.82) is 0 Å². The van der Waals surface area contributed by atoms with Crippen molar-refractivity contribution in [2.45, 2.75) is 63.6 Å². The molecule has 2 atom stereocenters. The summed E-state index contributed by atoms with van der Waals surface area (Å²) in [5, 5.41) is 5.72. The molecule has 2 aromatic carbocycles. The maximum Gasteiger partial charge on any atom is 0.267 e. The molecule has 2 aromatic heterocycles. The summed E-state index contributed by atoms with van der Waals surface area (Å²) < 4.78 is 11.9. The number of carbonyl (C=O) groups excluding carboxylic acids is 1. The number of benzene rings is 2. The van der Waals surface area contributed by atoms with Crippen LogP contribution in [0.3, 0.4) is 0 Å². The van der Waals surface area contributed by atoms with Crippen molar-refractivity contribution in [3.63, 3.8) is 0 Å². The fourth-order valence-corrected chi connectivity index (χ4v) is 7.58. The van der Waals surface area contributed by atoms with Gasteiger partial charge in [0, 0.05) is 53.6 Å². The van der Waals surface area contributed by atoms with E-state index in [9.17, 15) is 4.79 Å². The monoisotopic (exact) mass is 574 g/mol. The van der Waals surface area contributed by atoms with E-state index in [0.29, 0.717) is 22.9 Å². The van der Waals surface area contributed by atoms with Crippen LogP contribution in [0.5, 0.6) is 5.75 Å². The van der Waals surface area contributed by atoms with Gasteiger partial charge in [0.15, 0.2) is 5.58 Å². The van der Waals surface area contributed by atoms with E-state index < -0.39 is 0 Å². The van der Waals surface area contributed by atoms with Crippen LogP contribution >= 0.6 is 11.6 Å². The number of nitrogens with zero attached hydrogens (tertiary/aromatic N) is 2. The SMILES string of the molecule is O=C(NC1CCN(C[C@@H]2CCCN3CCCC[C@H]23)CC1)c1cc2c(OCc3coc4c(Cl)cccc34)cccc2[nH]1. The van der Waals surface area contributed by atoms with Gasteiger partial charge in [0.05, 0.1) is 11.3 Å². The van der Waals surface area contributed by atoms with Gasteiger partial charge >= 0.3 is 0 Å². The first-order valence-electron chi connectivity index (χ1n) is 15.3. The number of hydrogen-bond donors (Lipinski definition) is 2. The van der Waals surface area contributed by atoms with Crippen LogP contribution in [-0.2, 0) is 6.61 Å². The lowest BCUT2D eigenvalue weighted by Crippen LogP contribution is -2.52. The third-order valence-corrected chi connectivity index (χ3v) is 9.83. The summed E-state index contributed by atoms with van der Waals surface area (Å²) in [5.74, 6) is 1.48. The molecule has 0 aliphatic carbocycles. The minimum Gasteiger partial charge on any atom is -0.488 e. The molecular formula is C33H39ClN4O3. The maximum absolute atomic E-state index is 13.2. The van der Waals surface area contributed by atoms with Gasteiger partial charge in [-0.2, -0.15) is 0 Å². The molecule has 7 rings (SSSR count). The summed E-state index contributed by atoms with van der Waals surface area (Å²) in [6, 6.07) is 14.5. The van der Waals surface area contributed by atoms with Gasteiger partial charge in [-0.15, -0.1) is 0 Å². The number of hydrogen-bond acceptors (Lipinski definition) is 5. The molecule has 3 aliphatic heterocycles. The number of rotatable bonds is 7. The zero-order chi connectivity index (χ0) is 27.8. The summed E-state index contributed by atoms with van der Waals surface area (Å²) >= 11 is 6.26. The summed E-state index contributed by atoms with van der Waals surface area (Å²) in [7, 11) is 0. The zero-order valence-corrected chi connectivity index (χ0v) is 24.3. The van der Waals surface area contributed by atoms with E-state index in [4.69, 9.17) is 20.8 Å². The second kappa shape index (κ2) is 11.7. The molecule has 1 amide bonds. The van der Waals surface area contributed by atoms with Gasteiger partial charge in [-0.25, -0.2) is 0 Å². The molecule has 4 aromatic rings. The number of amides is 1. The fraction of sp³-hybridized carbons (Fsp3) is 0.485. The standard InChI is InChI=1S/C33H39ClN4O3/c34-27-8-3-7-25-23(21-41-32(25)27)20-40-31-11-4-9-28-26(31)18-29(36-28)33(39)35-24-12-16-37(17-13-24)19-22-6-5-15-38-14-2-1-10-30(22)38/h3-4,7-9,11,18,21-22,24,30,36H,1-2,5-6,10,12-17,19-20H2,(H,35,39)/t22-,30+/m0/s1. The van der Waals surface area contributed by atoms with Crippen molar-refractivity contribution in [1.82, 2.24) is 20.1 Å². The lowest BCUT2D eigenvalue weighted by molar-refractivity contribution is 0.0351. The molecule has 41 heavy (non-hydrogen) atoms. The Balaban J connectivity index is 0.951. The number of ether oxygens (including phenoxy) is 1. The van der Waals surface area contributed by atoms with E-state index >= 15 is 0 Å². The van der Waals surface area contributed by atoms with Crippen LogP contribution in [0.2, 0.25) is 5.02 Å². The summed E-state index contributed by atoms with van der Waals surface area (Å²) in [6.45, 7) is 6.28. The van der Waals surface area contributed by atoms with Gasteiger partial charge < -0.3 is 29.3 Å². The average molecular weight is 575 g/mol. The van der Waals surface area contributed by atoms with Crippen LogP contribution in [0.1, 0.15) is 61.0 Å². The molecule has 8 heteroatoms. The Morgan fingerprint density at radius 3 is 2.76 bits per heavy atom. The number of nitrogens with one attached hydrogen (secondary N) is 2. The highest BCUT2D eigenvalue weighted by Gasteiger charge is 2.34. The highest BCUT2D eigenvalue weighted by atomic mass is 35.5. The van der Waals surface area contributed by atoms with E-state index in [0.717, 1.165) is 65.5 Å². The predicted molar refractivity (Wildman–Crippen MR) is 163 cm³/mol. The van der Waals surface area contributed by atoms with Gasteiger partial charge in [-0.1, -0.05) is 36.2 Å². The van der Waals surface area contributed by atoms with Crippen molar-refractivity contribution in [3.05, 3.63) is 65.0 Å². The molecular weight excluding hydrogens is 536 g/mol. The maximum atomic E-state index is 13.2. The third kappa shape index (κ3) is 5.60. The summed E-state index contributed by atoms with van der Waals surface area (Å²) in [6.07, 6.45) is 10.6. The number of carbonyl (C=O) groups is 1. The Hall–Kier alpha value is -3.00. The number of piperidine rings is 3. The van der Waals surface area contributed by atoms with E-state index in [1.54, 1.807) is 6.26 Å². The Morgan fingerprint density at radius 1 is 1.00 bits per heavy atom. The van der Waals surface area contributed by atoms with E-state index in [2.05, 4.69) is 20.1 Å². The molecule has 0 unspecified atom stereocenters. The molecule has 0 spiro atoms. The smallest absolute Gasteiger partial charge is 0.267 e.